The van der Waals surface area contributed by atoms with Crippen LogP contribution < -0.4 is 10.2 Å². The molecule has 19 heavy (non-hydrogen) atoms. The van der Waals surface area contributed by atoms with E-state index in [0.717, 1.165) is 37.7 Å². The Morgan fingerprint density at radius 2 is 2.00 bits per heavy atom. The second-order valence-corrected chi connectivity index (χ2v) is 5.54. The first kappa shape index (κ1) is 14.3. The zero-order chi connectivity index (χ0) is 13.7. The minimum absolute atomic E-state index is 0.490. The summed E-state index contributed by atoms with van der Waals surface area (Å²) in [5.74, 6) is 1.03. The SMILES string of the molecule is CCNCc1ccc(N2CCC(CC)(CC)C2)nn1. The molecule has 0 atom stereocenters. The molecule has 1 aromatic heterocycles. The summed E-state index contributed by atoms with van der Waals surface area (Å²) in [6.07, 6.45) is 3.79. The Bertz CT molecular complexity index is 384. The molecule has 1 N–H and O–H groups in total. The maximum atomic E-state index is 4.38. The van der Waals surface area contributed by atoms with Gasteiger partial charge in [-0.25, -0.2) is 0 Å². The van der Waals surface area contributed by atoms with Gasteiger partial charge in [-0.3, -0.25) is 0 Å². The fraction of sp³-hybridized carbons (Fsp3) is 0.733. The minimum Gasteiger partial charge on any atom is -0.355 e. The van der Waals surface area contributed by atoms with Crippen LogP contribution in [0.25, 0.3) is 0 Å². The fourth-order valence-electron chi connectivity index (χ4n) is 2.83. The molecule has 4 nitrogen and oxygen atoms in total. The molecule has 2 heterocycles. The maximum absolute atomic E-state index is 4.38. The topological polar surface area (TPSA) is 41.0 Å². The second-order valence-electron chi connectivity index (χ2n) is 5.54. The highest BCUT2D eigenvalue weighted by Gasteiger charge is 2.35. The van der Waals surface area contributed by atoms with Gasteiger partial charge in [-0.2, -0.15) is 5.10 Å². The van der Waals surface area contributed by atoms with Crippen molar-refractivity contribution in [2.75, 3.05) is 24.5 Å². The Hall–Kier alpha value is -1.16. The van der Waals surface area contributed by atoms with Gasteiger partial charge in [0.1, 0.15) is 0 Å². The van der Waals surface area contributed by atoms with Crippen molar-refractivity contribution < 1.29 is 0 Å². The van der Waals surface area contributed by atoms with Gasteiger partial charge in [-0.15, -0.1) is 5.10 Å². The van der Waals surface area contributed by atoms with Gasteiger partial charge in [0.05, 0.1) is 5.69 Å². The first-order valence-corrected chi connectivity index (χ1v) is 7.51. The van der Waals surface area contributed by atoms with Gasteiger partial charge in [0.15, 0.2) is 5.82 Å². The van der Waals surface area contributed by atoms with Crippen LogP contribution in [0.1, 0.15) is 45.7 Å². The van der Waals surface area contributed by atoms with E-state index in [1.807, 2.05) is 0 Å². The highest BCUT2D eigenvalue weighted by atomic mass is 15.3. The predicted molar refractivity (Wildman–Crippen MR) is 79.3 cm³/mol. The number of hydrogen-bond acceptors (Lipinski definition) is 4. The fourth-order valence-corrected chi connectivity index (χ4v) is 2.83. The Morgan fingerprint density at radius 3 is 2.53 bits per heavy atom. The molecule has 1 saturated heterocycles. The Balaban J connectivity index is 1.99. The normalized spacial score (nSPS) is 17.9. The summed E-state index contributed by atoms with van der Waals surface area (Å²) in [4.78, 5) is 2.39. The van der Waals surface area contributed by atoms with Crippen molar-refractivity contribution in [1.82, 2.24) is 15.5 Å². The van der Waals surface area contributed by atoms with Crippen molar-refractivity contribution in [1.29, 1.82) is 0 Å². The molecular weight excluding hydrogens is 236 g/mol. The van der Waals surface area contributed by atoms with E-state index in [2.05, 4.69) is 53.3 Å². The molecule has 0 spiro atoms. The predicted octanol–water partition coefficient (Wildman–Crippen LogP) is 2.60. The summed E-state index contributed by atoms with van der Waals surface area (Å²) in [5, 5.41) is 12.0. The highest BCUT2D eigenvalue weighted by Crippen LogP contribution is 2.38. The molecule has 1 aliphatic heterocycles. The van der Waals surface area contributed by atoms with Crippen LogP contribution in [0.2, 0.25) is 0 Å². The second kappa shape index (κ2) is 6.33. The summed E-state index contributed by atoms with van der Waals surface area (Å²) >= 11 is 0. The Morgan fingerprint density at radius 1 is 1.21 bits per heavy atom. The quantitative estimate of drug-likeness (QED) is 0.855. The van der Waals surface area contributed by atoms with E-state index >= 15 is 0 Å². The molecule has 0 saturated carbocycles. The number of nitrogens with zero attached hydrogens (tertiary/aromatic N) is 3. The van der Waals surface area contributed by atoms with Crippen LogP contribution in [0.5, 0.6) is 0 Å². The van der Waals surface area contributed by atoms with E-state index in [0.29, 0.717) is 5.41 Å². The van der Waals surface area contributed by atoms with Gasteiger partial charge in [-0.05, 0) is 43.4 Å². The molecule has 0 aromatic carbocycles. The molecule has 0 amide bonds. The van der Waals surface area contributed by atoms with E-state index in [-0.39, 0.29) is 0 Å². The largest absolute Gasteiger partial charge is 0.355 e. The third-order valence-corrected chi connectivity index (χ3v) is 4.52. The number of aromatic nitrogens is 2. The van der Waals surface area contributed by atoms with Gasteiger partial charge >= 0.3 is 0 Å². The first-order chi connectivity index (χ1) is 9.23. The van der Waals surface area contributed by atoms with Crippen molar-refractivity contribution in [3.63, 3.8) is 0 Å². The van der Waals surface area contributed by atoms with E-state index < -0.39 is 0 Å². The molecule has 4 heteroatoms. The summed E-state index contributed by atoms with van der Waals surface area (Å²) in [6, 6.07) is 4.20. The van der Waals surface area contributed by atoms with Crippen molar-refractivity contribution in [3.05, 3.63) is 17.8 Å². The van der Waals surface area contributed by atoms with Crippen LogP contribution in [0.15, 0.2) is 12.1 Å². The van der Waals surface area contributed by atoms with Crippen LogP contribution in [0.4, 0.5) is 5.82 Å². The van der Waals surface area contributed by atoms with Crippen LogP contribution in [-0.4, -0.2) is 29.8 Å². The summed E-state index contributed by atoms with van der Waals surface area (Å²) in [7, 11) is 0. The average molecular weight is 262 g/mol. The van der Waals surface area contributed by atoms with E-state index in [1.165, 1.54) is 19.3 Å². The van der Waals surface area contributed by atoms with Gasteiger partial charge in [0, 0.05) is 19.6 Å². The van der Waals surface area contributed by atoms with Gasteiger partial charge in [0.25, 0.3) is 0 Å². The van der Waals surface area contributed by atoms with Gasteiger partial charge in [0.2, 0.25) is 0 Å². The summed E-state index contributed by atoms with van der Waals surface area (Å²) in [5.41, 5.74) is 1.51. The summed E-state index contributed by atoms with van der Waals surface area (Å²) < 4.78 is 0. The monoisotopic (exact) mass is 262 g/mol. The molecule has 106 valence electrons. The van der Waals surface area contributed by atoms with Crippen molar-refractivity contribution in [2.45, 2.75) is 46.6 Å². The molecule has 1 aliphatic rings. The Labute approximate surface area is 116 Å². The third kappa shape index (κ3) is 3.24. The maximum Gasteiger partial charge on any atom is 0.151 e. The molecule has 0 unspecified atom stereocenters. The number of anilines is 1. The molecule has 0 bridgehead atoms. The van der Waals surface area contributed by atoms with Crippen molar-refractivity contribution in [2.24, 2.45) is 5.41 Å². The summed E-state index contributed by atoms with van der Waals surface area (Å²) in [6.45, 7) is 10.7. The number of nitrogens with one attached hydrogen (secondary N) is 1. The smallest absolute Gasteiger partial charge is 0.151 e. The third-order valence-electron chi connectivity index (χ3n) is 4.52. The van der Waals surface area contributed by atoms with E-state index in [9.17, 15) is 0 Å². The van der Waals surface area contributed by atoms with Gasteiger partial charge in [-0.1, -0.05) is 20.8 Å². The minimum atomic E-state index is 0.490. The molecule has 0 radical (unpaired) electrons. The van der Waals surface area contributed by atoms with Gasteiger partial charge < -0.3 is 10.2 Å². The lowest BCUT2D eigenvalue weighted by Crippen LogP contribution is -2.27. The van der Waals surface area contributed by atoms with Crippen LogP contribution >= 0.6 is 0 Å². The van der Waals surface area contributed by atoms with E-state index in [1.54, 1.807) is 0 Å². The molecule has 1 fully saturated rings. The van der Waals surface area contributed by atoms with Crippen molar-refractivity contribution >= 4 is 5.82 Å². The molecular formula is C15H26N4. The van der Waals surface area contributed by atoms with Crippen molar-refractivity contribution in [3.8, 4) is 0 Å². The Kier molecular flexibility index (Phi) is 4.75. The van der Waals surface area contributed by atoms with Crippen LogP contribution in [0, 0.1) is 5.41 Å². The number of hydrogen-bond donors (Lipinski definition) is 1. The average Bonchev–Trinajstić information content (AvgIpc) is 2.91. The standard InChI is InChI=1S/C15H26N4/c1-4-15(5-2)9-10-19(12-15)14-8-7-13(17-18-14)11-16-6-3/h7-8,16H,4-6,9-12H2,1-3H3. The highest BCUT2D eigenvalue weighted by molar-refractivity contribution is 5.39. The lowest BCUT2D eigenvalue weighted by atomic mass is 9.82. The zero-order valence-corrected chi connectivity index (χ0v) is 12.4. The molecule has 2 rings (SSSR count). The number of rotatable bonds is 6. The molecule has 1 aromatic rings. The lowest BCUT2D eigenvalue weighted by molar-refractivity contribution is 0.301. The lowest BCUT2D eigenvalue weighted by Gasteiger charge is -2.26. The van der Waals surface area contributed by atoms with Crippen LogP contribution in [-0.2, 0) is 6.54 Å². The first-order valence-electron chi connectivity index (χ1n) is 7.51. The zero-order valence-electron chi connectivity index (χ0n) is 12.4. The van der Waals surface area contributed by atoms with E-state index in [4.69, 9.17) is 0 Å². The molecule has 0 aliphatic carbocycles. The van der Waals surface area contributed by atoms with Crippen LogP contribution in [0.3, 0.4) is 0 Å².